The number of anilines is 1. The lowest BCUT2D eigenvalue weighted by atomic mass is 10.2. The Morgan fingerprint density at radius 1 is 1.47 bits per heavy atom. The van der Waals surface area contributed by atoms with Crippen molar-refractivity contribution in [1.29, 1.82) is 0 Å². The van der Waals surface area contributed by atoms with Crippen LogP contribution < -0.4 is 10.6 Å². The Kier molecular flexibility index (Phi) is 5.07. The van der Waals surface area contributed by atoms with E-state index in [0.717, 1.165) is 0 Å². The molecule has 0 heterocycles. The van der Waals surface area contributed by atoms with E-state index in [2.05, 4.69) is 11.9 Å². The standard InChI is InChI=1S/C11H11F2N3O3/c1-2-3-14-6-10(17)15-11-8(13)4-7(12)5-9(11)16(18)19/h2,4-5,14H,1,3,6H2,(H,15,17). The van der Waals surface area contributed by atoms with Gasteiger partial charge in [0.05, 0.1) is 17.5 Å². The van der Waals surface area contributed by atoms with Crippen LogP contribution in [0.25, 0.3) is 0 Å². The molecule has 8 heteroatoms. The zero-order valence-electron chi connectivity index (χ0n) is 9.78. The predicted octanol–water partition coefficient (Wildman–Crippen LogP) is 1.59. The van der Waals surface area contributed by atoms with E-state index < -0.39 is 33.8 Å². The van der Waals surface area contributed by atoms with Crippen molar-refractivity contribution in [3.05, 3.63) is 46.5 Å². The number of carbonyl (C=O) groups excluding carboxylic acids is 1. The Bertz CT molecular complexity index is 520. The number of hydrogen-bond donors (Lipinski definition) is 2. The Balaban J connectivity index is 2.90. The number of nitrogens with one attached hydrogen (secondary N) is 2. The number of halogens is 2. The SMILES string of the molecule is C=CCNCC(=O)Nc1c(F)cc(F)cc1[N+](=O)[O-]. The first kappa shape index (κ1) is 14.7. The molecule has 0 unspecified atom stereocenters. The van der Waals surface area contributed by atoms with Gasteiger partial charge in [-0.25, -0.2) is 8.78 Å². The molecule has 2 N–H and O–H groups in total. The minimum atomic E-state index is -1.20. The van der Waals surface area contributed by atoms with Gasteiger partial charge in [-0.2, -0.15) is 0 Å². The summed E-state index contributed by atoms with van der Waals surface area (Å²) in [4.78, 5) is 21.1. The van der Waals surface area contributed by atoms with Crippen molar-refractivity contribution in [2.75, 3.05) is 18.4 Å². The number of benzene rings is 1. The Morgan fingerprint density at radius 3 is 2.74 bits per heavy atom. The average molecular weight is 271 g/mol. The van der Waals surface area contributed by atoms with Crippen LogP contribution in [-0.4, -0.2) is 23.9 Å². The number of nitrogens with zero attached hydrogens (tertiary/aromatic N) is 1. The lowest BCUT2D eigenvalue weighted by Gasteiger charge is -2.07. The third-order valence-corrected chi connectivity index (χ3v) is 2.07. The van der Waals surface area contributed by atoms with E-state index in [1.165, 1.54) is 6.08 Å². The Morgan fingerprint density at radius 2 is 2.16 bits per heavy atom. The fourth-order valence-electron chi connectivity index (χ4n) is 1.30. The minimum Gasteiger partial charge on any atom is -0.317 e. The summed E-state index contributed by atoms with van der Waals surface area (Å²) in [6, 6.07) is 0.996. The average Bonchev–Trinajstić information content (AvgIpc) is 2.32. The molecular weight excluding hydrogens is 260 g/mol. The normalized spacial score (nSPS) is 10.0. The summed E-state index contributed by atoms with van der Waals surface area (Å²) < 4.78 is 26.3. The largest absolute Gasteiger partial charge is 0.317 e. The molecule has 0 bridgehead atoms. The highest BCUT2D eigenvalue weighted by molar-refractivity contribution is 5.94. The number of carbonyl (C=O) groups is 1. The first-order valence-corrected chi connectivity index (χ1v) is 5.20. The first-order chi connectivity index (χ1) is 8.95. The monoisotopic (exact) mass is 271 g/mol. The van der Waals surface area contributed by atoms with Crippen LogP contribution in [0.5, 0.6) is 0 Å². The molecule has 1 rings (SSSR count). The van der Waals surface area contributed by atoms with Crippen LogP contribution in [0.1, 0.15) is 0 Å². The highest BCUT2D eigenvalue weighted by atomic mass is 19.1. The maximum Gasteiger partial charge on any atom is 0.298 e. The zero-order chi connectivity index (χ0) is 14.4. The number of amides is 1. The third kappa shape index (κ3) is 4.11. The van der Waals surface area contributed by atoms with Crippen molar-refractivity contribution >= 4 is 17.3 Å². The maximum atomic E-state index is 13.4. The number of rotatable bonds is 6. The molecule has 0 aliphatic heterocycles. The summed E-state index contributed by atoms with van der Waals surface area (Å²) in [5.74, 6) is -2.98. The number of nitro groups is 1. The topological polar surface area (TPSA) is 84.3 Å². The van der Waals surface area contributed by atoms with Gasteiger partial charge in [-0.05, 0) is 0 Å². The van der Waals surface area contributed by atoms with E-state index >= 15 is 0 Å². The second-order valence-corrected chi connectivity index (χ2v) is 3.51. The summed E-state index contributed by atoms with van der Waals surface area (Å²) in [7, 11) is 0. The fraction of sp³-hybridized carbons (Fsp3) is 0.182. The summed E-state index contributed by atoms with van der Waals surface area (Å²) >= 11 is 0. The van der Waals surface area contributed by atoms with E-state index in [1.54, 1.807) is 0 Å². The van der Waals surface area contributed by atoms with Crippen LogP contribution in [0.3, 0.4) is 0 Å². The van der Waals surface area contributed by atoms with Gasteiger partial charge in [0.1, 0.15) is 5.82 Å². The molecule has 102 valence electrons. The van der Waals surface area contributed by atoms with Crippen molar-refractivity contribution in [2.45, 2.75) is 0 Å². The van der Waals surface area contributed by atoms with Gasteiger partial charge in [-0.15, -0.1) is 6.58 Å². The fourth-order valence-corrected chi connectivity index (χ4v) is 1.30. The van der Waals surface area contributed by atoms with Gasteiger partial charge in [-0.1, -0.05) is 6.08 Å². The summed E-state index contributed by atoms with van der Waals surface area (Å²) in [6.07, 6.45) is 1.51. The van der Waals surface area contributed by atoms with Gasteiger partial charge in [0.15, 0.2) is 11.5 Å². The number of nitro benzene ring substituents is 1. The summed E-state index contributed by atoms with van der Waals surface area (Å²) in [5, 5.41) is 15.3. The van der Waals surface area contributed by atoms with Gasteiger partial charge in [-0.3, -0.25) is 14.9 Å². The van der Waals surface area contributed by atoms with Crippen molar-refractivity contribution in [3.8, 4) is 0 Å². The molecule has 0 saturated heterocycles. The van der Waals surface area contributed by atoms with Gasteiger partial charge < -0.3 is 10.6 Å². The molecule has 0 radical (unpaired) electrons. The lowest BCUT2D eigenvalue weighted by Crippen LogP contribution is -2.28. The van der Waals surface area contributed by atoms with Crippen LogP contribution in [-0.2, 0) is 4.79 Å². The molecule has 0 aliphatic rings. The molecule has 0 saturated carbocycles. The van der Waals surface area contributed by atoms with Crippen LogP contribution >= 0.6 is 0 Å². The Hall–Kier alpha value is -2.35. The Labute approximate surface area is 107 Å². The van der Waals surface area contributed by atoms with E-state index in [-0.39, 0.29) is 6.54 Å². The molecule has 0 aromatic heterocycles. The van der Waals surface area contributed by atoms with Crippen molar-refractivity contribution in [2.24, 2.45) is 0 Å². The van der Waals surface area contributed by atoms with Gasteiger partial charge in [0.2, 0.25) is 5.91 Å². The molecule has 6 nitrogen and oxygen atoms in total. The molecule has 0 aliphatic carbocycles. The zero-order valence-corrected chi connectivity index (χ0v) is 9.78. The van der Waals surface area contributed by atoms with Gasteiger partial charge >= 0.3 is 0 Å². The quantitative estimate of drug-likeness (QED) is 0.356. The van der Waals surface area contributed by atoms with Crippen molar-refractivity contribution < 1.29 is 18.5 Å². The van der Waals surface area contributed by atoms with Crippen LogP contribution in [0.2, 0.25) is 0 Å². The second-order valence-electron chi connectivity index (χ2n) is 3.51. The van der Waals surface area contributed by atoms with Crippen molar-refractivity contribution in [1.82, 2.24) is 5.32 Å². The summed E-state index contributed by atoms with van der Waals surface area (Å²) in [6.45, 7) is 3.59. The number of hydrogen-bond acceptors (Lipinski definition) is 4. The highest BCUT2D eigenvalue weighted by Gasteiger charge is 2.22. The maximum absolute atomic E-state index is 13.4. The minimum absolute atomic E-state index is 0.181. The molecule has 1 amide bonds. The van der Waals surface area contributed by atoms with Gasteiger partial charge in [0.25, 0.3) is 5.69 Å². The first-order valence-electron chi connectivity index (χ1n) is 5.20. The summed E-state index contributed by atoms with van der Waals surface area (Å²) in [5.41, 5.74) is -1.49. The molecule has 0 fully saturated rings. The van der Waals surface area contributed by atoms with Crippen molar-refractivity contribution in [3.63, 3.8) is 0 Å². The van der Waals surface area contributed by atoms with E-state index in [0.29, 0.717) is 18.7 Å². The molecule has 0 spiro atoms. The van der Waals surface area contributed by atoms with E-state index in [4.69, 9.17) is 0 Å². The van der Waals surface area contributed by atoms with E-state index in [1.807, 2.05) is 5.32 Å². The molecule has 19 heavy (non-hydrogen) atoms. The third-order valence-electron chi connectivity index (χ3n) is 2.07. The molecule has 0 atom stereocenters. The van der Waals surface area contributed by atoms with Crippen LogP contribution in [0.15, 0.2) is 24.8 Å². The molecular formula is C11H11F2N3O3. The lowest BCUT2D eigenvalue weighted by molar-refractivity contribution is -0.384. The molecule has 1 aromatic carbocycles. The van der Waals surface area contributed by atoms with Gasteiger partial charge in [0, 0.05) is 12.6 Å². The smallest absolute Gasteiger partial charge is 0.298 e. The highest BCUT2D eigenvalue weighted by Crippen LogP contribution is 2.28. The van der Waals surface area contributed by atoms with Crippen LogP contribution in [0, 0.1) is 21.7 Å². The second kappa shape index (κ2) is 6.55. The van der Waals surface area contributed by atoms with Crippen LogP contribution in [0.4, 0.5) is 20.2 Å². The predicted molar refractivity (Wildman–Crippen MR) is 64.7 cm³/mol. The molecule has 1 aromatic rings. The van der Waals surface area contributed by atoms with E-state index in [9.17, 15) is 23.7 Å².